The standard InChI is InChI=1S/C23H21N3O4S/c1-5-14-20(24)19-21(31-13-8-6-12(27-2)7-9-13)15-10-17(28-3)18(29-4)11-16(15)30-23(19)26-22(14)25/h1,6-11,21H,2-4H3,(H4,24,25,26). The van der Waals surface area contributed by atoms with Crippen LogP contribution in [0.1, 0.15) is 21.9 Å². The van der Waals surface area contributed by atoms with Crippen LogP contribution < -0.4 is 30.4 Å². The van der Waals surface area contributed by atoms with Gasteiger partial charge in [-0.1, -0.05) is 5.92 Å². The van der Waals surface area contributed by atoms with E-state index in [2.05, 4.69) is 10.9 Å². The van der Waals surface area contributed by atoms with E-state index >= 15 is 0 Å². The third-order valence-corrected chi connectivity index (χ3v) is 6.26. The number of thioether (sulfide) groups is 1. The molecule has 0 spiro atoms. The predicted molar refractivity (Wildman–Crippen MR) is 121 cm³/mol. The first kappa shape index (κ1) is 20.6. The smallest absolute Gasteiger partial charge is 0.228 e. The molecule has 1 unspecified atom stereocenters. The molecule has 0 amide bonds. The summed E-state index contributed by atoms with van der Waals surface area (Å²) in [4.78, 5) is 5.39. The number of hydrogen-bond acceptors (Lipinski definition) is 8. The van der Waals surface area contributed by atoms with Crippen LogP contribution in [-0.4, -0.2) is 26.3 Å². The van der Waals surface area contributed by atoms with E-state index in [1.54, 1.807) is 39.2 Å². The number of benzene rings is 2. The van der Waals surface area contributed by atoms with E-state index in [0.717, 1.165) is 16.2 Å². The molecular weight excluding hydrogens is 414 g/mol. The normalized spacial score (nSPS) is 13.9. The number of pyridine rings is 1. The Morgan fingerprint density at radius 3 is 2.32 bits per heavy atom. The van der Waals surface area contributed by atoms with Crippen LogP contribution in [-0.2, 0) is 0 Å². The largest absolute Gasteiger partial charge is 0.497 e. The second-order valence-electron chi connectivity index (χ2n) is 6.67. The Hall–Kier alpha value is -3.70. The Morgan fingerprint density at radius 1 is 1.03 bits per heavy atom. The van der Waals surface area contributed by atoms with Gasteiger partial charge in [-0.3, -0.25) is 0 Å². The lowest BCUT2D eigenvalue weighted by Gasteiger charge is -2.29. The van der Waals surface area contributed by atoms with Gasteiger partial charge in [0, 0.05) is 16.5 Å². The number of terminal acetylenes is 1. The maximum atomic E-state index is 6.46. The molecular formula is C23H21N3O4S. The molecule has 0 aliphatic carbocycles. The van der Waals surface area contributed by atoms with Gasteiger partial charge >= 0.3 is 0 Å². The minimum atomic E-state index is -0.271. The number of aromatic nitrogens is 1. The van der Waals surface area contributed by atoms with Crippen molar-refractivity contribution in [1.82, 2.24) is 4.98 Å². The Bertz CT molecular complexity index is 1190. The summed E-state index contributed by atoms with van der Waals surface area (Å²) in [5, 5.41) is -0.271. The number of methoxy groups -OCH3 is 3. The second kappa shape index (κ2) is 8.20. The summed E-state index contributed by atoms with van der Waals surface area (Å²) in [5.74, 6) is 5.48. The lowest BCUT2D eigenvalue weighted by molar-refractivity contribution is 0.349. The number of nitrogen functional groups attached to an aromatic ring is 2. The zero-order valence-electron chi connectivity index (χ0n) is 17.3. The van der Waals surface area contributed by atoms with Gasteiger partial charge in [0.15, 0.2) is 11.5 Å². The maximum Gasteiger partial charge on any atom is 0.228 e. The fraction of sp³-hybridized carbons (Fsp3) is 0.174. The second-order valence-corrected chi connectivity index (χ2v) is 7.85. The molecule has 0 bridgehead atoms. The van der Waals surface area contributed by atoms with Gasteiger partial charge in [-0.05, 0) is 30.3 Å². The maximum absolute atomic E-state index is 6.46. The van der Waals surface area contributed by atoms with E-state index in [9.17, 15) is 0 Å². The molecule has 3 aromatic rings. The lowest BCUT2D eigenvalue weighted by atomic mass is 9.97. The molecule has 158 valence electrons. The minimum absolute atomic E-state index is 0.149. The SMILES string of the molecule is C#Cc1c(N)nc2c(c1N)C(Sc1ccc(OC)cc1)c1cc(OC)c(OC)cc1O2. The van der Waals surface area contributed by atoms with Crippen LogP contribution in [0, 0.1) is 12.3 Å². The van der Waals surface area contributed by atoms with Crippen molar-refractivity contribution in [3.63, 3.8) is 0 Å². The molecule has 0 radical (unpaired) electrons. The van der Waals surface area contributed by atoms with Crippen LogP contribution in [0.15, 0.2) is 41.3 Å². The molecule has 1 atom stereocenters. The van der Waals surface area contributed by atoms with E-state index in [1.165, 1.54) is 0 Å². The van der Waals surface area contributed by atoms with Crippen molar-refractivity contribution in [2.75, 3.05) is 32.8 Å². The summed E-state index contributed by atoms with van der Waals surface area (Å²) in [6, 6.07) is 11.4. The Kier molecular flexibility index (Phi) is 5.44. The average molecular weight is 436 g/mol. The molecule has 31 heavy (non-hydrogen) atoms. The number of rotatable bonds is 5. The fourth-order valence-corrected chi connectivity index (χ4v) is 4.66. The van der Waals surface area contributed by atoms with Crippen LogP contribution in [0.3, 0.4) is 0 Å². The first-order chi connectivity index (χ1) is 15.0. The average Bonchev–Trinajstić information content (AvgIpc) is 2.78. The van der Waals surface area contributed by atoms with Crippen molar-refractivity contribution in [3.05, 3.63) is 53.1 Å². The highest BCUT2D eigenvalue weighted by Crippen LogP contribution is 2.55. The number of hydrogen-bond donors (Lipinski definition) is 2. The molecule has 7 nitrogen and oxygen atoms in total. The molecule has 1 aromatic heterocycles. The molecule has 0 saturated heterocycles. The van der Waals surface area contributed by atoms with E-state index < -0.39 is 0 Å². The summed E-state index contributed by atoms with van der Waals surface area (Å²) < 4.78 is 22.3. The van der Waals surface area contributed by atoms with Crippen molar-refractivity contribution < 1.29 is 18.9 Å². The molecule has 0 fully saturated rings. The highest BCUT2D eigenvalue weighted by molar-refractivity contribution is 7.99. The van der Waals surface area contributed by atoms with Crippen LogP contribution in [0.5, 0.6) is 28.9 Å². The third kappa shape index (κ3) is 3.53. The van der Waals surface area contributed by atoms with Gasteiger partial charge in [0.05, 0.1) is 43.4 Å². The fourth-order valence-electron chi connectivity index (χ4n) is 3.44. The Balaban J connectivity index is 1.91. The highest BCUT2D eigenvalue weighted by atomic mass is 32.2. The number of anilines is 2. The molecule has 0 saturated carbocycles. The first-order valence-corrected chi connectivity index (χ1v) is 10.2. The van der Waals surface area contributed by atoms with Crippen molar-refractivity contribution in [3.8, 4) is 41.2 Å². The van der Waals surface area contributed by atoms with Crippen LogP contribution in [0.2, 0.25) is 0 Å². The van der Waals surface area contributed by atoms with E-state index in [-0.39, 0.29) is 11.1 Å². The summed E-state index contributed by atoms with van der Waals surface area (Å²) in [6.45, 7) is 0. The number of ether oxygens (including phenoxy) is 4. The summed E-state index contributed by atoms with van der Waals surface area (Å²) in [5.41, 5.74) is 14.7. The lowest BCUT2D eigenvalue weighted by Crippen LogP contribution is -2.15. The molecule has 4 rings (SSSR count). The zero-order valence-corrected chi connectivity index (χ0v) is 18.1. The minimum Gasteiger partial charge on any atom is -0.497 e. The van der Waals surface area contributed by atoms with Crippen molar-refractivity contribution >= 4 is 23.3 Å². The molecule has 8 heteroatoms. The van der Waals surface area contributed by atoms with Gasteiger partial charge in [-0.15, -0.1) is 18.2 Å². The number of nitrogens with zero attached hydrogens (tertiary/aromatic N) is 1. The Morgan fingerprint density at radius 2 is 1.71 bits per heavy atom. The molecule has 1 aliphatic heterocycles. The number of fused-ring (bicyclic) bond motifs is 2. The summed E-state index contributed by atoms with van der Waals surface area (Å²) >= 11 is 1.58. The van der Waals surface area contributed by atoms with Gasteiger partial charge in [-0.2, -0.15) is 4.98 Å². The van der Waals surface area contributed by atoms with Gasteiger partial charge in [0.1, 0.15) is 17.3 Å². The first-order valence-electron chi connectivity index (χ1n) is 9.30. The van der Waals surface area contributed by atoms with Gasteiger partial charge in [0.25, 0.3) is 0 Å². The third-order valence-electron chi connectivity index (χ3n) is 4.99. The van der Waals surface area contributed by atoms with Gasteiger partial charge in [-0.25, -0.2) is 0 Å². The van der Waals surface area contributed by atoms with Crippen molar-refractivity contribution in [2.45, 2.75) is 10.1 Å². The van der Waals surface area contributed by atoms with Crippen molar-refractivity contribution in [2.24, 2.45) is 0 Å². The topological polar surface area (TPSA) is 102 Å². The van der Waals surface area contributed by atoms with Crippen LogP contribution in [0.25, 0.3) is 0 Å². The van der Waals surface area contributed by atoms with Gasteiger partial charge in [0.2, 0.25) is 5.88 Å². The zero-order chi connectivity index (χ0) is 22.1. The van der Waals surface area contributed by atoms with Crippen LogP contribution >= 0.6 is 11.8 Å². The highest BCUT2D eigenvalue weighted by Gasteiger charge is 2.34. The van der Waals surface area contributed by atoms with Crippen molar-refractivity contribution in [1.29, 1.82) is 0 Å². The van der Waals surface area contributed by atoms with E-state index in [1.807, 2.05) is 30.3 Å². The summed E-state index contributed by atoms with van der Waals surface area (Å²) in [6.07, 6.45) is 5.64. The van der Waals surface area contributed by atoms with E-state index in [4.69, 9.17) is 36.8 Å². The molecule has 2 heterocycles. The number of nitrogens with two attached hydrogens (primary N) is 2. The quantitative estimate of drug-likeness (QED) is 0.574. The summed E-state index contributed by atoms with van der Waals surface area (Å²) in [7, 11) is 4.78. The van der Waals surface area contributed by atoms with Gasteiger partial charge < -0.3 is 30.4 Å². The monoisotopic (exact) mass is 435 g/mol. The van der Waals surface area contributed by atoms with Crippen LogP contribution in [0.4, 0.5) is 11.5 Å². The molecule has 1 aliphatic rings. The Labute approximate surface area is 184 Å². The molecule has 2 aromatic carbocycles. The van der Waals surface area contributed by atoms with E-state index in [0.29, 0.717) is 39.9 Å². The predicted octanol–water partition coefficient (Wildman–Crippen LogP) is 4.24. The molecule has 4 N–H and O–H groups in total.